The average Bonchev–Trinajstić information content (AvgIpc) is 3.39. The molecule has 4 aromatic heterocycles. The van der Waals surface area contributed by atoms with Crippen LogP contribution in [0.1, 0.15) is 0 Å². The summed E-state index contributed by atoms with van der Waals surface area (Å²) in [6.45, 7) is 0.870. The number of pyridine rings is 3. The second kappa shape index (κ2) is 9.43. The van der Waals surface area contributed by atoms with E-state index in [0.717, 1.165) is 27.2 Å². The fraction of sp³-hybridized carbons (Fsp3) is 0.200. The number of hydrogen-bond acceptors (Lipinski definition) is 9. The zero-order valence-electron chi connectivity index (χ0n) is 19.4. The first-order valence-corrected chi connectivity index (χ1v) is 11.0. The minimum atomic E-state index is -0.223. The molecule has 10 nitrogen and oxygen atoms in total. The second-order valence-electron chi connectivity index (χ2n) is 8.05. The molecule has 1 aromatic carbocycles. The third-order valence-electron chi connectivity index (χ3n) is 5.67. The van der Waals surface area contributed by atoms with Crippen molar-refractivity contribution in [3.63, 3.8) is 0 Å². The van der Waals surface area contributed by atoms with E-state index in [1.54, 1.807) is 43.7 Å². The van der Waals surface area contributed by atoms with Gasteiger partial charge in [-0.15, -0.1) is 0 Å². The smallest absolute Gasteiger partial charge is 0.162 e. The third kappa shape index (κ3) is 4.51. The Bertz CT molecular complexity index is 1490. The number of nitrogen functional groups attached to an aromatic ring is 1. The summed E-state index contributed by atoms with van der Waals surface area (Å²) < 4.78 is 18.6. The number of hydrogen-bond donors (Lipinski definition) is 2. The summed E-state index contributed by atoms with van der Waals surface area (Å²) >= 11 is 0. The zero-order valence-corrected chi connectivity index (χ0v) is 19.4. The van der Waals surface area contributed by atoms with E-state index in [-0.39, 0.29) is 6.04 Å². The lowest BCUT2D eigenvalue weighted by Gasteiger charge is -2.14. The molecule has 0 spiro atoms. The lowest BCUT2D eigenvalue weighted by atomic mass is 10.0. The van der Waals surface area contributed by atoms with E-state index < -0.39 is 0 Å². The van der Waals surface area contributed by atoms with E-state index >= 15 is 0 Å². The summed E-state index contributed by atoms with van der Waals surface area (Å²) in [4.78, 5) is 13.4. The standard InChI is InChI=1S/C25H25N7O3/c1-33-23-8-19-18-7-21(31-25(27)20(18)12-29-22(19)9-24(23)34-2)15-6-17(11-28-10-15)35-14-16(26)13-32-5-3-4-30-32/h3-12,16H,13-14,26H2,1-2H3,(H2,27,31)/t16-/m0/s1. The normalized spacial score (nSPS) is 12.1. The molecule has 0 saturated heterocycles. The molecule has 0 aliphatic heterocycles. The maximum atomic E-state index is 6.33. The Kier molecular flexibility index (Phi) is 6.02. The van der Waals surface area contributed by atoms with Gasteiger partial charge in [0.25, 0.3) is 0 Å². The highest BCUT2D eigenvalue weighted by atomic mass is 16.5. The molecule has 4 heterocycles. The number of benzene rings is 1. The number of anilines is 1. The van der Waals surface area contributed by atoms with Crippen LogP contribution in [-0.4, -0.2) is 51.6 Å². The molecular weight excluding hydrogens is 446 g/mol. The van der Waals surface area contributed by atoms with Gasteiger partial charge >= 0.3 is 0 Å². The molecule has 5 aromatic rings. The Morgan fingerprint density at radius 3 is 2.57 bits per heavy atom. The molecule has 1 atom stereocenters. The van der Waals surface area contributed by atoms with Crippen LogP contribution in [-0.2, 0) is 6.54 Å². The first kappa shape index (κ1) is 22.4. The molecule has 0 bridgehead atoms. The maximum absolute atomic E-state index is 6.33. The van der Waals surface area contributed by atoms with Gasteiger partial charge in [-0.25, -0.2) is 4.98 Å². The summed E-state index contributed by atoms with van der Waals surface area (Å²) in [7, 11) is 3.19. The SMILES string of the molecule is COc1cc2ncc3c(N)nc(-c4cncc(OC[C@@H](N)Cn5cccn5)c4)cc3c2cc1OC. The minimum absolute atomic E-state index is 0.223. The highest BCUT2D eigenvalue weighted by Crippen LogP contribution is 2.37. The Labute approximate surface area is 201 Å². The van der Waals surface area contributed by atoms with Gasteiger partial charge in [0.05, 0.1) is 44.2 Å². The highest BCUT2D eigenvalue weighted by molar-refractivity contribution is 6.10. The molecule has 0 aliphatic carbocycles. The van der Waals surface area contributed by atoms with E-state index in [1.165, 1.54) is 0 Å². The van der Waals surface area contributed by atoms with Crippen LogP contribution in [0.5, 0.6) is 17.2 Å². The molecule has 0 saturated carbocycles. The Hall–Kier alpha value is -4.44. The zero-order chi connectivity index (χ0) is 24.4. The van der Waals surface area contributed by atoms with Gasteiger partial charge in [0.15, 0.2) is 11.5 Å². The monoisotopic (exact) mass is 471 g/mol. The van der Waals surface area contributed by atoms with Crippen molar-refractivity contribution in [1.29, 1.82) is 0 Å². The van der Waals surface area contributed by atoms with Crippen molar-refractivity contribution in [3.8, 4) is 28.5 Å². The number of methoxy groups -OCH3 is 2. The fourth-order valence-corrected chi connectivity index (χ4v) is 3.95. The van der Waals surface area contributed by atoms with Crippen LogP contribution in [0.2, 0.25) is 0 Å². The lowest BCUT2D eigenvalue weighted by Crippen LogP contribution is -2.32. The maximum Gasteiger partial charge on any atom is 0.162 e. The minimum Gasteiger partial charge on any atom is -0.493 e. The van der Waals surface area contributed by atoms with Crippen molar-refractivity contribution >= 4 is 27.5 Å². The molecule has 5 rings (SSSR count). The number of nitrogens with zero attached hydrogens (tertiary/aromatic N) is 5. The summed E-state index contributed by atoms with van der Waals surface area (Å²) in [6.07, 6.45) is 8.66. The van der Waals surface area contributed by atoms with Gasteiger partial charge in [0, 0.05) is 47.2 Å². The Morgan fingerprint density at radius 2 is 1.80 bits per heavy atom. The van der Waals surface area contributed by atoms with Crippen LogP contribution < -0.4 is 25.7 Å². The molecule has 178 valence electrons. The van der Waals surface area contributed by atoms with Crippen molar-refractivity contribution in [2.75, 3.05) is 26.6 Å². The van der Waals surface area contributed by atoms with Gasteiger partial charge in [-0.1, -0.05) is 0 Å². The summed E-state index contributed by atoms with van der Waals surface area (Å²) in [5.41, 5.74) is 14.7. The molecule has 0 fully saturated rings. The van der Waals surface area contributed by atoms with Crippen molar-refractivity contribution in [1.82, 2.24) is 24.7 Å². The molecule has 4 N–H and O–H groups in total. The van der Waals surface area contributed by atoms with Gasteiger partial charge in [0.2, 0.25) is 0 Å². The van der Waals surface area contributed by atoms with Crippen molar-refractivity contribution < 1.29 is 14.2 Å². The number of nitrogens with two attached hydrogens (primary N) is 2. The second-order valence-corrected chi connectivity index (χ2v) is 8.05. The van der Waals surface area contributed by atoms with E-state index in [1.807, 2.05) is 36.5 Å². The van der Waals surface area contributed by atoms with E-state index in [2.05, 4.69) is 20.1 Å². The van der Waals surface area contributed by atoms with Gasteiger partial charge in [-0.05, 0) is 29.7 Å². The Balaban J connectivity index is 1.48. The average molecular weight is 472 g/mol. The molecular formula is C25H25N7O3. The molecule has 0 radical (unpaired) electrons. The highest BCUT2D eigenvalue weighted by Gasteiger charge is 2.14. The van der Waals surface area contributed by atoms with Crippen LogP contribution in [0.25, 0.3) is 32.9 Å². The van der Waals surface area contributed by atoms with Crippen molar-refractivity contribution in [3.05, 3.63) is 61.3 Å². The quantitative estimate of drug-likeness (QED) is 0.327. The van der Waals surface area contributed by atoms with Crippen LogP contribution in [0.4, 0.5) is 5.82 Å². The fourth-order valence-electron chi connectivity index (χ4n) is 3.95. The molecule has 35 heavy (non-hydrogen) atoms. The van der Waals surface area contributed by atoms with Gasteiger partial charge in [-0.2, -0.15) is 5.10 Å². The van der Waals surface area contributed by atoms with Gasteiger partial charge in [0.1, 0.15) is 18.2 Å². The van der Waals surface area contributed by atoms with Crippen LogP contribution in [0, 0.1) is 0 Å². The number of rotatable bonds is 8. The summed E-state index contributed by atoms with van der Waals surface area (Å²) in [5.74, 6) is 2.17. The first-order chi connectivity index (χ1) is 17.1. The van der Waals surface area contributed by atoms with Gasteiger partial charge in [-0.3, -0.25) is 14.6 Å². The molecule has 10 heteroatoms. The largest absolute Gasteiger partial charge is 0.493 e. The summed E-state index contributed by atoms with van der Waals surface area (Å²) in [5, 5.41) is 6.69. The number of aromatic nitrogens is 5. The predicted molar refractivity (Wildman–Crippen MR) is 133 cm³/mol. The topological polar surface area (TPSA) is 136 Å². The molecule has 0 unspecified atom stereocenters. The van der Waals surface area contributed by atoms with E-state index in [0.29, 0.717) is 41.9 Å². The van der Waals surface area contributed by atoms with Crippen LogP contribution in [0.15, 0.2) is 61.3 Å². The van der Waals surface area contributed by atoms with Crippen LogP contribution >= 0.6 is 0 Å². The van der Waals surface area contributed by atoms with Crippen molar-refractivity contribution in [2.45, 2.75) is 12.6 Å². The van der Waals surface area contributed by atoms with Crippen LogP contribution in [0.3, 0.4) is 0 Å². The number of ether oxygens (including phenoxy) is 3. The summed E-state index contributed by atoms with van der Waals surface area (Å²) in [6, 6.07) is 9.20. The molecule has 0 amide bonds. The lowest BCUT2D eigenvalue weighted by molar-refractivity contribution is 0.271. The first-order valence-electron chi connectivity index (χ1n) is 11.0. The number of fused-ring (bicyclic) bond motifs is 3. The van der Waals surface area contributed by atoms with Gasteiger partial charge < -0.3 is 25.7 Å². The Morgan fingerprint density at radius 1 is 0.971 bits per heavy atom. The van der Waals surface area contributed by atoms with E-state index in [4.69, 9.17) is 25.7 Å². The molecule has 0 aliphatic rings. The third-order valence-corrected chi connectivity index (χ3v) is 5.67. The predicted octanol–water partition coefficient (Wildman–Crippen LogP) is 3.05. The van der Waals surface area contributed by atoms with E-state index in [9.17, 15) is 0 Å². The van der Waals surface area contributed by atoms with Crippen molar-refractivity contribution in [2.24, 2.45) is 5.73 Å².